The number of hydrogen-bond acceptors (Lipinski definition) is 2. The lowest BCUT2D eigenvalue weighted by Gasteiger charge is -2.40. The Kier molecular flexibility index (Phi) is 4.60. The minimum absolute atomic E-state index is 0.103. The van der Waals surface area contributed by atoms with Crippen molar-refractivity contribution in [2.45, 2.75) is 46.0 Å². The number of ether oxygens (including phenoxy) is 1. The first-order valence-electron chi connectivity index (χ1n) is 7.69. The standard InChI is InChI=1S/C18H26O3/c1-18(2,3)13-7-10-15(17(19)20)16(11-13)12-5-8-14(21-4)9-6-12/h5-6,8-9,13,15-16H,7,10-11H2,1-4H3,(H,19,20). The predicted molar refractivity (Wildman–Crippen MR) is 83.7 cm³/mol. The van der Waals surface area contributed by atoms with Crippen LogP contribution in [0.4, 0.5) is 0 Å². The Bertz CT molecular complexity index is 484. The van der Waals surface area contributed by atoms with Crippen LogP contribution in [-0.2, 0) is 4.79 Å². The molecule has 1 N–H and O–H groups in total. The fourth-order valence-electron chi connectivity index (χ4n) is 3.47. The van der Waals surface area contributed by atoms with Crippen LogP contribution in [0.1, 0.15) is 51.5 Å². The summed E-state index contributed by atoms with van der Waals surface area (Å²) in [5.74, 6) is 0.556. The van der Waals surface area contributed by atoms with Gasteiger partial charge < -0.3 is 9.84 Å². The molecule has 1 fully saturated rings. The third-order valence-electron chi connectivity index (χ3n) is 4.94. The smallest absolute Gasteiger partial charge is 0.307 e. The molecule has 0 spiro atoms. The molecule has 21 heavy (non-hydrogen) atoms. The summed E-state index contributed by atoms with van der Waals surface area (Å²) in [6, 6.07) is 7.89. The van der Waals surface area contributed by atoms with Crippen molar-refractivity contribution >= 4 is 5.97 Å². The monoisotopic (exact) mass is 290 g/mol. The number of carboxylic acid groups (broad SMARTS) is 1. The molecular weight excluding hydrogens is 264 g/mol. The fourth-order valence-corrected chi connectivity index (χ4v) is 3.47. The van der Waals surface area contributed by atoms with Crippen molar-refractivity contribution in [3.63, 3.8) is 0 Å². The van der Waals surface area contributed by atoms with Crippen molar-refractivity contribution in [1.82, 2.24) is 0 Å². The van der Waals surface area contributed by atoms with Gasteiger partial charge in [-0.15, -0.1) is 0 Å². The quantitative estimate of drug-likeness (QED) is 0.901. The lowest BCUT2D eigenvalue weighted by Crippen LogP contribution is -2.34. The first-order valence-corrected chi connectivity index (χ1v) is 7.69. The van der Waals surface area contributed by atoms with Gasteiger partial charge in [-0.1, -0.05) is 32.9 Å². The minimum atomic E-state index is -0.664. The third-order valence-corrected chi connectivity index (χ3v) is 4.94. The van der Waals surface area contributed by atoms with Crippen molar-refractivity contribution in [3.8, 4) is 5.75 Å². The van der Waals surface area contributed by atoms with Gasteiger partial charge in [-0.05, 0) is 54.2 Å². The summed E-state index contributed by atoms with van der Waals surface area (Å²) >= 11 is 0. The van der Waals surface area contributed by atoms with E-state index in [1.807, 2.05) is 24.3 Å². The van der Waals surface area contributed by atoms with Gasteiger partial charge in [0.2, 0.25) is 0 Å². The largest absolute Gasteiger partial charge is 0.497 e. The topological polar surface area (TPSA) is 46.5 Å². The number of benzene rings is 1. The van der Waals surface area contributed by atoms with Crippen molar-refractivity contribution in [2.24, 2.45) is 17.3 Å². The molecule has 116 valence electrons. The lowest BCUT2D eigenvalue weighted by atomic mass is 9.64. The van der Waals surface area contributed by atoms with Gasteiger partial charge in [0, 0.05) is 0 Å². The van der Waals surface area contributed by atoms with Crippen LogP contribution in [0.15, 0.2) is 24.3 Å². The summed E-state index contributed by atoms with van der Waals surface area (Å²) in [6.45, 7) is 6.76. The number of carbonyl (C=O) groups is 1. The molecule has 0 aliphatic heterocycles. The average Bonchev–Trinajstić information content (AvgIpc) is 2.45. The van der Waals surface area contributed by atoms with E-state index in [0.717, 1.165) is 30.6 Å². The maximum absolute atomic E-state index is 11.6. The molecule has 0 heterocycles. The Morgan fingerprint density at radius 3 is 2.29 bits per heavy atom. The summed E-state index contributed by atoms with van der Waals surface area (Å²) in [6.07, 6.45) is 2.73. The van der Waals surface area contributed by atoms with Crippen LogP contribution in [0.2, 0.25) is 0 Å². The molecule has 3 nitrogen and oxygen atoms in total. The van der Waals surface area contributed by atoms with E-state index in [9.17, 15) is 9.90 Å². The third kappa shape index (κ3) is 3.58. The fraction of sp³-hybridized carbons (Fsp3) is 0.611. The Morgan fingerprint density at radius 1 is 1.19 bits per heavy atom. The van der Waals surface area contributed by atoms with Crippen LogP contribution in [0.5, 0.6) is 5.75 Å². The van der Waals surface area contributed by atoms with Crippen LogP contribution >= 0.6 is 0 Å². The minimum Gasteiger partial charge on any atom is -0.497 e. The molecule has 0 amide bonds. The highest BCUT2D eigenvalue weighted by atomic mass is 16.5. The molecular formula is C18H26O3. The van der Waals surface area contributed by atoms with Crippen LogP contribution in [0.3, 0.4) is 0 Å². The van der Waals surface area contributed by atoms with Gasteiger partial charge in [0.15, 0.2) is 0 Å². The van der Waals surface area contributed by atoms with E-state index in [1.54, 1.807) is 7.11 Å². The van der Waals surface area contributed by atoms with Gasteiger partial charge in [-0.25, -0.2) is 0 Å². The molecule has 1 aliphatic rings. The second kappa shape index (κ2) is 6.08. The summed E-state index contributed by atoms with van der Waals surface area (Å²) in [4.78, 5) is 11.6. The molecule has 0 bridgehead atoms. The predicted octanol–water partition coefficient (Wildman–Crippen LogP) is 4.33. The second-order valence-corrected chi connectivity index (χ2v) is 7.20. The molecule has 1 aromatic rings. The van der Waals surface area contributed by atoms with Gasteiger partial charge in [0.25, 0.3) is 0 Å². The number of aliphatic carboxylic acids is 1. The molecule has 0 aromatic heterocycles. The SMILES string of the molecule is COc1ccc(C2CC(C(C)(C)C)CCC2C(=O)O)cc1. The first kappa shape index (κ1) is 15.9. The van der Waals surface area contributed by atoms with E-state index < -0.39 is 5.97 Å². The lowest BCUT2D eigenvalue weighted by molar-refractivity contribution is -0.144. The van der Waals surface area contributed by atoms with E-state index >= 15 is 0 Å². The van der Waals surface area contributed by atoms with Crippen LogP contribution < -0.4 is 4.74 Å². The number of carboxylic acids is 1. The molecule has 1 saturated carbocycles. The molecule has 3 heteroatoms. The normalized spacial score (nSPS) is 26.4. The highest BCUT2D eigenvalue weighted by Gasteiger charge is 2.39. The molecule has 3 atom stereocenters. The van der Waals surface area contributed by atoms with E-state index in [1.165, 1.54) is 0 Å². The number of rotatable bonds is 3. The second-order valence-electron chi connectivity index (χ2n) is 7.20. The van der Waals surface area contributed by atoms with Crippen LogP contribution in [0.25, 0.3) is 0 Å². The molecule has 0 radical (unpaired) electrons. The molecule has 3 unspecified atom stereocenters. The highest BCUT2D eigenvalue weighted by molar-refractivity contribution is 5.71. The number of methoxy groups -OCH3 is 1. The van der Waals surface area contributed by atoms with Gasteiger partial charge in [-0.2, -0.15) is 0 Å². The maximum Gasteiger partial charge on any atom is 0.307 e. The number of hydrogen-bond donors (Lipinski definition) is 1. The van der Waals surface area contributed by atoms with Crippen molar-refractivity contribution in [2.75, 3.05) is 7.11 Å². The van der Waals surface area contributed by atoms with Gasteiger partial charge in [0.05, 0.1) is 13.0 Å². The summed E-state index contributed by atoms with van der Waals surface area (Å²) < 4.78 is 5.19. The Morgan fingerprint density at radius 2 is 1.81 bits per heavy atom. The zero-order chi connectivity index (χ0) is 15.6. The summed E-state index contributed by atoms with van der Waals surface area (Å²) in [5, 5.41) is 9.54. The molecule has 2 rings (SSSR count). The molecule has 1 aromatic carbocycles. The van der Waals surface area contributed by atoms with E-state index in [-0.39, 0.29) is 17.3 Å². The van der Waals surface area contributed by atoms with E-state index in [4.69, 9.17) is 4.74 Å². The van der Waals surface area contributed by atoms with Gasteiger partial charge in [-0.3, -0.25) is 4.79 Å². The molecule has 1 aliphatic carbocycles. The maximum atomic E-state index is 11.6. The van der Waals surface area contributed by atoms with Crippen molar-refractivity contribution in [3.05, 3.63) is 29.8 Å². The summed E-state index contributed by atoms with van der Waals surface area (Å²) in [5.41, 5.74) is 1.35. The van der Waals surface area contributed by atoms with Crippen LogP contribution in [0, 0.1) is 17.3 Å². The summed E-state index contributed by atoms with van der Waals surface area (Å²) in [7, 11) is 1.64. The molecule has 0 saturated heterocycles. The van der Waals surface area contributed by atoms with E-state index in [2.05, 4.69) is 20.8 Å². The van der Waals surface area contributed by atoms with Crippen molar-refractivity contribution in [1.29, 1.82) is 0 Å². The Balaban J connectivity index is 2.26. The van der Waals surface area contributed by atoms with Crippen LogP contribution in [-0.4, -0.2) is 18.2 Å². The van der Waals surface area contributed by atoms with Gasteiger partial charge in [0.1, 0.15) is 5.75 Å². The highest BCUT2D eigenvalue weighted by Crippen LogP contribution is 2.47. The zero-order valence-corrected chi connectivity index (χ0v) is 13.4. The average molecular weight is 290 g/mol. The Hall–Kier alpha value is -1.51. The van der Waals surface area contributed by atoms with Crippen molar-refractivity contribution < 1.29 is 14.6 Å². The van der Waals surface area contributed by atoms with Gasteiger partial charge >= 0.3 is 5.97 Å². The van der Waals surface area contributed by atoms with E-state index in [0.29, 0.717) is 5.92 Å². The first-order chi connectivity index (χ1) is 9.82. The zero-order valence-electron chi connectivity index (χ0n) is 13.4. The Labute approximate surface area is 127 Å².